The van der Waals surface area contributed by atoms with Crippen molar-refractivity contribution >= 4 is 0 Å². The van der Waals surface area contributed by atoms with E-state index in [-0.39, 0.29) is 0 Å². The first-order valence-corrected chi connectivity index (χ1v) is 4.75. The number of rotatable bonds is 4. The van der Waals surface area contributed by atoms with Crippen molar-refractivity contribution in [1.29, 1.82) is 0 Å². The normalized spacial score (nSPS) is 23.5. The van der Waals surface area contributed by atoms with Crippen LogP contribution in [0.3, 0.4) is 0 Å². The molecule has 0 N–H and O–H groups in total. The number of nitrogens with zero attached hydrogens (tertiary/aromatic N) is 4. The third-order valence-corrected chi connectivity index (χ3v) is 2.48. The van der Waals surface area contributed by atoms with E-state index in [4.69, 9.17) is 5.53 Å². The first kappa shape index (κ1) is 11.2. The van der Waals surface area contributed by atoms with Crippen molar-refractivity contribution < 1.29 is 8.78 Å². The number of hydrogen-bond donors (Lipinski definition) is 0. The van der Waals surface area contributed by atoms with Crippen LogP contribution in [-0.2, 0) is 0 Å². The van der Waals surface area contributed by atoms with Gasteiger partial charge in [-0.25, -0.2) is 8.78 Å². The second-order valence-electron chi connectivity index (χ2n) is 3.49. The fourth-order valence-electron chi connectivity index (χ4n) is 1.73. The van der Waals surface area contributed by atoms with Crippen molar-refractivity contribution in [2.45, 2.75) is 19.3 Å². The third kappa shape index (κ3) is 3.47. The standard InChI is InChI=1S/C8H14F2N4/c9-8(10)7-2-1-4-14(6-7)5-3-12-13-11/h7-8H,1-6H2/t7-/m1/s1. The molecule has 0 aromatic heterocycles. The van der Waals surface area contributed by atoms with Crippen molar-refractivity contribution in [3.8, 4) is 0 Å². The molecule has 0 spiro atoms. The van der Waals surface area contributed by atoms with Crippen LogP contribution in [0.15, 0.2) is 5.11 Å². The van der Waals surface area contributed by atoms with Crippen molar-refractivity contribution in [2.75, 3.05) is 26.2 Å². The van der Waals surface area contributed by atoms with Crippen LogP contribution in [0.4, 0.5) is 8.78 Å². The summed E-state index contributed by atoms with van der Waals surface area (Å²) in [6.07, 6.45) is -0.807. The highest BCUT2D eigenvalue weighted by Gasteiger charge is 2.26. The summed E-state index contributed by atoms with van der Waals surface area (Å²) in [4.78, 5) is 4.56. The summed E-state index contributed by atoms with van der Waals surface area (Å²) in [6, 6.07) is 0. The minimum atomic E-state index is -2.22. The van der Waals surface area contributed by atoms with Gasteiger partial charge in [0.2, 0.25) is 6.43 Å². The van der Waals surface area contributed by atoms with E-state index in [1.165, 1.54) is 0 Å². The molecule has 4 nitrogen and oxygen atoms in total. The minimum absolute atomic E-state index is 0.368. The van der Waals surface area contributed by atoms with E-state index >= 15 is 0 Å². The molecule has 1 aliphatic heterocycles. The van der Waals surface area contributed by atoms with Gasteiger partial charge in [-0.1, -0.05) is 5.11 Å². The molecule has 1 fully saturated rings. The second-order valence-corrected chi connectivity index (χ2v) is 3.49. The molecular weight excluding hydrogens is 190 g/mol. The topological polar surface area (TPSA) is 52.0 Å². The molecule has 0 bridgehead atoms. The zero-order chi connectivity index (χ0) is 10.4. The summed E-state index contributed by atoms with van der Waals surface area (Å²) in [5.74, 6) is -0.505. The highest BCUT2D eigenvalue weighted by molar-refractivity contribution is 4.74. The van der Waals surface area contributed by atoms with Gasteiger partial charge in [0, 0.05) is 30.5 Å². The van der Waals surface area contributed by atoms with Gasteiger partial charge in [-0.15, -0.1) is 0 Å². The number of azide groups is 1. The number of piperidine rings is 1. The van der Waals surface area contributed by atoms with E-state index < -0.39 is 12.3 Å². The lowest BCUT2D eigenvalue weighted by atomic mass is 9.99. The Balaban J connectivity index is 2.28. The van der Waals surface area contributed by atoms with Gasteiger partial charge in [0.25, 0.3) is 0 Å². The van der Waals surface area contributed by atoms with Gasteiger partial charge in [-0.3, -0.25) is 0 Å². The fraction of sp³-hybridized carbons (Fsp3) is 1.00. The monoisotopic (exact) mass is 204 g/mol. The lowest BCUT2D eigenvalue weighted by Gasteiger charge is -2.31. The summed E-state index contributed by atoms with van der Waals surface area (Å²) in [6.45, 7) is 2.22. The van der Waals surface area contributed by atoms with Crippen LogP contribution in [0.2, 0.25) is 0 Å². The van der Waals surface area contributed by atoms with Crippen molar-refractivity contribution in [3.63, 3.8) is 0 Å². The highest BCUT2D eigenvalue weighted by Crippen LogP contribution is 2.22. The third-order valence-electron chi connectivity index (χ3n) is 2.48. The van der Waals surface area contributed by atoms with Crippen LogP contribution < -0.4 is 0 Å². The minimum Gasteiger partial charge on any atom is -0.303 e. The van der Waals surface area contributed by atoms with Crippen molar-refractivity contribution in [1.82, 2.24) is 4.90 Å². The molecule has 0 amide bonds. The largest absolute Gasteiger partial charge is 0.303 e. The Morgan fingerprint density at radius 1 is 1.57 bits per heavy atom. The molecule has 1 atom stereocenters. The molecule has 1 saturated heterocycles. The van der Waals surface area contributed by atoms with E-state index in [2.05, 4.69) is 10.0 Å². The molecule has 1 rings (SSSR count). The lowest BCUT2D eigenvalue weighted by Crippen LogP contribution is -2.39. The quantitative estimate of drug-likeness (QED) is 0.393. The zero-order valence-corrected chi connectivity index (χ0v) is 7.94. The fourth-order valence-corrected chi connectivity index (χ4v) is 1.73. The molecule has 0 saturated carbocycles. The molecule has 1 heterocycles. The van der Waals surface area contributed by atoms with E-state index in [1.807, 2.05) is 4.90 Å². The Bertz CT molecular complexity index is 215. The highest BCUT2D eigenvalue weighted by atomic mass is 19.3. The molecule has 0 aromatic rings. The zero-order valence-electron chi connectivity index (χ0n) is 7.94. The molecular formula is C8H14F2N4. The number of likely N-dealkylation sites (tertiary alicyclic amines) is 1. The van der Waals surface area contributed by atoms with Gasteiger partial charge in [0.15, 0.2) is 0 Å². The first-order chi connectivity index (χ1) is 6.74. The smallest absolute Gasteiger partial charge is 0.242 e. The predicted octanol–water partition coefficient (Wildman–Crippen LogP) is 2.27. The van der Waals surface area contributed by atoms with Gasteiger partial charge in [0.05, 0.1) is 0 Å². The molecule has 0 aromatic carbocycles. The van der Waals surface area contributed by atoms with Crippen molar-refractivity contribution in [2.24, 2.45) is 11.0 Å². The Morgan fingerprint density at radius 3 is 3.00 bits per heavy atom. The Hall–Kier alpha value is -0.870. The van der Waals surface area contributed by atoms with E-state index in [1.54, 1.807) is 0 Å². The van der Waals surface area contributed by atoms with Crippen molar-refractivity contribution in [3.05, 3.63) is 10.4 Å². The molecule has 0 aliphatic carbocycles. The summed E-state index contributed by atoms with van der Waals surface area (Å²) < 4.78 is 24.7. The lowest BCUT2D eigenvalue weighted by molar-refractivity contribution is 0.0286. The number of hydrogen-bond acceptors (Lipinski definition) is 2. The van der Waals surface area contributed by atoms with Crippen LogP contribution in [0.1, 0.15) is 12.8 Å². The number of halogens is 2. The predicted molar refractivity (Wildman–Crippen MR) is 49.2 cm³/mol. The van der Waals surface area contributed by atoms with Crippen LogP contribution in [0.5, 0.6) is 0 Å². The maximum absolute atomic E-state index is 12.4. The Kier molecular flexibility index (Phi) is 4.62. The summed E-state index contributed by atoms with van der Waals surface area (Å²) >= 11 is 0. The van der Waals surface area contributed by atoms with E-state index in [0.29, 0.717) is 26.1 Å². The van der Waals surface area contributed by atoms with Crippen LogP contribution in [-0.4, -0.2) is 37.5 Å². The van der Waals surface area contributed by atoms with E-state index in [9.17, 15) is 8.78 Å². The number of alkyl halides is 2. The van der Waals surface area contributed by atoms with Crippen LogP contribution in [0.25, 0.3) is 10.4 Å². The second kappa shape index (κ2) is 5.78. The van der Waals surface area contributed by atoms with Crippen LogP contribution in [0, 0.1) is 5.92 Å². The summed E-state index contributed by atoms with van der Waals surface area (Å²) in [5.41, 5.74) is 8.06. The molecule has 0 radical (unpaired) electrons. The average Bonchev–Trinajstić information content (AvgIpc) is 2.19. The van der Waals surface area contributed by atoms with Gasteiger partial charge in [0.1, 0.15) is 0 Å². The van der Waals surface area contributed by atoms with Gasteiger partial charge < -0.3 is 4.90 Å². The molecule has 6 heteroatoms. The SMILES string of the molecule is [N-]=[N+]=NCCN1CCC[C@@H](C(F)F)C1. The summed E-state index contributed by atoms with van der Waals surface area (Å²) in [7, 11) is 0. The molecule has 0 unspecified atom stereocenters. The average molecular weight is 204 g/mol. The van der Waals surface area contributed by atoms with Gasteiger partial charge in [-0.2, -0.15) is 0 Å². The maximum atomic E-state index is 12.4. The Labute approximate surface area is 81.5 Å². The first-order valence-electron chi connectivity index (χ1n) is 4.75. The molecule has 1 aliphatic rings. The molecule has 80 valence electrons. The van der Waals surface area contributed by atoms with Gasteiger partial charge >= 0.3 is 0 Å². The molecule has 14 heavy (non-hydrogen) atoms. The Morgan fingerprint density at radius 2 is 2.36 bits per heavy atom. The van der Waals surface area contributed by atoms with Gasteiger partial charge in [-0.05, 0) is 24.9 Å². The summed E-state index contributed by atoms with van der Waals surface area (Å²) in [5, 5.41) is 3.39. The maximum Gasteiger partial charge on any atom is 0.242 e. The van der Waals surface area contributed by atoms with E-state index in [0.717, 1.165) is 13.0 Å². The van der Waals surface area contributed by atoms with Crippen LogP contribution >= 0.6 is 0 Å².